The zero-order valence-corrected chi connectivity index (χ0v) is 3.83. The summed E-state index contributed by atoms with van der Waals surface area (Å²) in [6.07, 6.45) is 2.78. The van der Waals surface area contributed by atoms with Crippen LogP contribution in [-0.2, 0) is 0 Å². The third-order valence-electron chi connectivity index (χ3n) is 0.957. The molecule has 0 atom stereocenters. The van der Waals surface area contributed by atoms with E-state index in [9.17, 15) is 0 Å². The van der Waals surface area contributed by atoms with Crippen LogP contribution in [0.3, 0.4) is 0 Å². The summed E-state index contributed by atoms with van der Waals surface area (Å²) in [5.41, 5.74) is 0. The zero-order chi connectivity index (χ0) is 3.54. The molecule has 1 saturated heterocycles. The third-order valence-corrected chi connectivity index (χ3v) is 0.957. The summed E-state index contributed by atoms with van der Waals surface area (Å²) in [4.78, 5) is 0. The van der Waals surface area contributed by atoms with Gasteiger partial charge in [0.2, 0.25) is 0 Å². The smallest absolute Gasteiger partial charge is 0.00484 e. The van der Waals surface area contributed by atoms with E-state index in [1.807, 2.05) is 0 Å². The summed E-state index contributed by atoms with van der Waals surface area (Å²) in [6, 6.07) is 0. The van der Waals surface area contributed by atoms with E-state index >= 15 is 0 Å². The van der Waals surface area contributed by atoms with Crippen LogP contribution in [0.25, 0.3) is 0 Å². The molecule has 1 aliphatic rings. The minimum absolute atomic E-state index is 0. The van der Waals surface area contributed by atoms with Crippen LogP contribution in [0.15, 0.2) is 0 Å². The predicted molar refractivity (Wildman–Crippen MR) is 25.7 cm³/mol. The fourth-order valence-corrected chi connectivity index (χ4v) is 0.625. The topological polar surface area (TPSA) is 43.5 Å². The molecule has 0 aliphatic carbocycles. The molecular weight excluding hydrogens is 63.1 g/mol. The Hall–Kier alpha value is -0.0800. The normalized spacial score (nSPS) is 20.0. The largest absolute Gasteiger partial charge is 0.412 e. The second-order valence-electron chi connectivity index (χ2n) is 1.46. The van der Waals surface area contributed by atoms with Crippen molar-refractivity contribution in [2.45, 2.75) is 12.8 Å². The van der Waals surface area contributed by atoms with E-state index in [0.29, 0.717) is 0 Å². The van der Waals surface area contributed by atoms with Crippen LogP contribution in [0.1, 0.15) is 12.8 Å². The van der Waals surface area contributed by atoms with Gasteiger partial charge in [-0.2, -0.15) is 0 Å². The molecule has 6 heavy (non-hydrogen) atoms. The van der Waals surface area contributed by atoms with Gasteiger partial charge in [-0.1, -0.05) is 0 Å². The Morgan fingerprint density at radius 1 is 1.00 bits per heavy atom. The molecule has 3 N–H and O–H groups in total. The van der Waals surface area contributed by atoms with Gasteiger partial charge in [-0.15, -0.1) is 0 Å². The maximum atomic E-state index is 3.22. The van der Waals surface area contributed by atoms with Gasteiger partial charge in [-0.25, -0.2) is 0 Å². The van der Waals surface area contributed by atoms with Crippen LogP contribution in [0.2, 0.25) is 0 Å². The summed E-state index contributed by atoms with van der Waals surface area (Å²) < 4.78 is 0. The molecule has 38 valence electrons. The lowest BCUT2D eigenvalue weighted by molar-refractivity contribution is 0.824. The van der Waals surface area contributed by atoms with E-state index < -0.39 is 0 Å². The maximum absolute atomic E-state index is 3.22. The van der Waals surface area contributed by atoms with Crippen LogP contribution in [0.5, 0.6) is 0 Å². The van der Waals surface area contributed by atoms with Crippen molar-refractivity contribution in [2.24, 2.45) is 0 Å². The Morgan fingerprint density at radius 2 is 1.50 bits per heavy atom. The summed E-state index contributed by atoms with van der Waals surface area (Å²) in [7, 11) is 0. The molecule has 0 radical (unpaired) electrons. The molecule has 0 spiro atoms. The van der Waals surface area contributed by atoms with Crippen LogP contribution in [-0.4, -0.2) is 18.6 Å². The molecule has 2 heteroatoms. The van der Waals surface area contributed by atoms with Crippen molar-refractivity contribution in [1.82, 2.24) is 5.32 Å². The van der Waals surface area contributed by atoms with Gasteiger partial charge < -0.3 is 10.8 Å². The highest BCUT2D eigenvalue weighted by Crippen LogP contribution is 1.90. The van der Waals surface area contributed by atoms with Crippen LogP contribution < -0.4 is 5.32 Å². The molecule has 0 amide bonds. The number of hydrogen-bond acceptors (Lipinski definition) is 1. The first-order valence-electron chi connectivity index (χ1n) is 2.21. The van der Waals surface area contributed by atoms with Crippen molar-refractivity contribution in [2.75, 3.05) is 13.1 Å². The van der Waals surface area contributed by atoms with Gasteiger partial charge >= 0.3 is 0 Å². The molecule has 2 nitrogen and oxygen atoms in total. The molecule has 0 aromatic carbocycles. The van der Waals surface area contributed by atoms with Gasteiger partial charge in [0.15, 0.2) is 0 Å². The Labute approximate surface area is 37.9 Å². The zero-order valence-electron chi connectivity index (χ0n) is 3.83. The first-order chi connectivity index (χ1) is 2.50. The average Bonchev–Trinajstić information content (AvgIpc) is 1.76. The first kappa shape index (κ1) is 5.92. The Balaban J connectivity index is 0.000000250. The van der Waals surface area contributed by atoms with E-state index in [0.717, 1.165) is 0 Å². The summed E-state index contributed by atoms with van der Waals surface area (Å²) in [5, 5.41) is 3.22. The number of hydrogen-bond donors (Lipinski definition) is 1. The van der Waals surface area contributed by atoms with Crippen molar-refractivity contribution in [3.05, 3.63) is 0 Å². The molecule has 1 heterocycles. The van der Waals surface area contributed by atoms with Gasteiger partial charge in [-0.3, -0.25) is 0 Å². The lowest BCUT2D eigenvalue weighted by atomic mass is 1.000. The lowest BCUT2D eigenvalue weighted by Gasteiger charge is -1.76. The van der Waals surface area contributed by atoms with Gasteiger partial charge in [0.25, 0.3) is 0 Å². The van der Waals surface area contributed by atoms with E-state index in [2.05, 4.69) is 5.32 Å². The van der Waals surface area contributed by atoms with E-state index in [1.165, 1.54) is 25.9 Å². The Kier molecular flexibility index (Phi) is 3.08. The van der Waals surface area contributed by atoms with Crippen LogP contribution in [0, 0.1) is 0 Å². The van der Waals surface area contributed by atoms with Crippen molar-refractivity contribution in [3.63, 3.8) is 0 Å². The van der Waals surface area contributed by atoms with E-state index in [1.54, 1.807) is 0 Å². The minimum atomic E-state index is 0. The van der Waals surface area contributed by atoms with Crippen molar-refractivity contribution < 1.29 is 5.48 Å². The molecule has 0 unspecified atom stereocenters. The van der Waals surface area contributed by atoms with E-state index in [4.69, 9.17) is 0 Å². The highest BCUT2D eigenvalue weighted by atomic mass is 14.9. The quantitative estimate of drug-likeness (QED) is 0.415. The fraction of sp³-hybridized carbons (Fsp3) is 1.00. The number of rotatable bonds is 0. The van der Waals surface area contributed by atoms with E-state index in [-0.39, 0.29) is 5.48 Å². The molecule has 0 aromatic rings. The molecular formula is C4H11NO. The summed E-state index contributed by atoms with van der Waals surface area (Å²) in [5.74, 6) is 0. The monoisotopic (exact) mass is 74.1 g/mol. The number of nitrogens with one attached hydrogen (secondary N) is 1. The highest BCUT2D eigenvalue weighted by molar-refractivity contribution is 4.55. The molecule has 1 aliphatic heterocycles. The molecule has 1 fully saturated rings. The lowest BCUT2D eigenvalue weighted by Crippen LogP contribution is -2.03. The highest BCUT2D eigenvalue weighted by Gasteiger charge is 1.93. The minimum Gasteiger partial charge on any atom is -0.412 e. The van der Waals surface area contributed by atoms with Gasteiger partial charge in [-0.05, 0) is 25.9 Å². The maximum Gasteiger partial charge on any atom is -0.00484 e. The average molecular weight is 74.1 g/mol. The van der Waals surface area contributed by atoms with Crippen molar-refractivity contribution in [3.8, 4) is 0 Å². The summed E-state index contributed by atoms with van der Waals surface area (Å²) >= 11 is 0. The Morgan fingerprint density at radius 3 is 1.67 bits per heavy atom. The summed E-state index contributed by atoms with van der Waals surface area (Å²) in [6.45, 7) is 2.50. The molecule has 0 saturated carbocycles. The molecule has 0 aromatic heterocycles. The Bertz CT molecular complexity index is 19.1. The second kappa shape index (κ2) is 3.12. The molecule has 0 bridgehead atoms. The molecule has 1 rings (SSSR count). The van der Waals surface area contributed by atoms with Gasteiger partial charge in [0.05, 0.1) is 0 Å². The predicted octanol–water partition coefficient (Wildman–Crippen LogP) is -0.455. The fourth-order valence-electron chi connectivity index (χ4n) is 0.625. The van der Waals surface area contributed by atoms with Crippen molar-refractivity contribution >= 4 is 0 Å². The van der Waals surface area contributed by atoms with Crippen LogP contribution >= 0.6 is 0 Å². The van der Waals surface area contributed by atoms with Gasteiger partial charge in [0.1, 0.15) is 0 Å². The first-order valence-corrected chi connectivity index (χ1v) is 2.21. The van der Waals surface area contributed by atoms with Crippen LogP contribution in [0.4, 0.5) is 0 Å². The second-order valence-corrected chi connectivity index (χ2v) is 1.46. The SMILES string of the molecule is C1CCNC1.[1OH2]. The van der Waals surface area contributed by atoms with Gasteiger partial charge in [0, 0.05) is 0 Å². The standard InChI is InChI=1S/C4H9N.H2O/c1-2-4-5-3-1;/h5H,1-4H2;1H2/i;1-15. The van der Waals surface area contributed by atoms with Crippen molar-refractivity contribution in [1.29, 1.82) is 0 Å². The third kappa shape index (κ3) is 1.38.